The Bertz CT molecular complexity index is 405. The van der Waals surface area contributed by atoms with Crippen LogP contribution in [0.15, 0.2) is 0 Å². The number of ether oxygens (including phenoxy) is 1. The molecule has 7 heteroatoms. The maximum Gasteiger partial charge on any atom is 0.408 e. The normalized spacial score (nSPS) is 13.8. The van der Waals surface area contributed by atoms with Crippen molar-refractivity contribution in [2.75, 3.05) is 6.54 Å². The topological polar surface area (TPSA) is 67.4 Å². The minimum absolute atomic E-state index is 0.224. The molecule has 1 unspecified atom stereocenters. The van der Waals surface area contributed by atoms with E-state index in [1.807, 2.05) is 0 Å². The average Bonchev–Trinajstić information content (AvgIpc) is 2.32. The maximum absolute atomic E-state index is 12.4. The zero-order valence-electron chi connectivity index (χ0n) is 15.5. The molecule has 5 nitrogen and oxygen atoms in total. The second kappa shape index (κ2) is 8.65. The van der Waals surface area contributed by atoms with Crippen molar-refractivity contribution in [3.63, 3.8) is 0 Å². The highest BCUT2D eigenvalue weighted by atomic mass is 16.6. The highest BCUT2D eigenvalue weighted by Crippen LogP contribution is 2.32. The van der Waals surface area contributed by atoms with Gasteiger partial charge in [0.1, 0.15) is 11.6 Å². The molecule has 0 fully saturated rings. The van der Waals surface area contributed by atoms with E-state index in [1.165, 1.54) is 0 Å². The summed E-state index contributed by atoms with van der Waals surface area (Å²) in [5, 5.41) is 3.89. The smallest absolute Gasteiger partial charge is 0.408 e. The van der Waals surface area contributed by atoms with Gasteiger partial charge in [0.2, 0.25) is 5.91 Å². The van der Waals surface area contributed by atoms with Crippen LogP contribution in [0.1, 0.15) is 54.9 Å². The van der Waals surface area contributed by atoms with Crippen LogP contribution in [-0.4, -0.2) is 45.9 Å². The third-order valence-corrected chi connectivity index (χ3v) is 3.44. The Balaban J connectivity index is 5.03. The van der Waals surface area contributed by atoms with E-state index < -0.39 is 28.9 Å². The van der Waals surface area contributed by atoms with Gasteiger partial charge in [0.25, 0.3) is 0 Å². The molecule has 2 amide bonds. The summed E-state index contributed by atoms with van der Waals surface area (Å²) in [5.74, 6) is -0.174. The molecule has 0 aromatic carbocycles. The van der Waals surface area contributed by atoms with Crippen LogP contribution in [0.5, 0.6) is 0 Å². The molecule has 128 valence electrons. The molecule has 4 radical (unpaired) electrons. The lowest BCUT2D eigenvalue weighted by atomic mass is 9.45. The Labute approximate surface area is 143 Å². The van der Waals surface area contributed by atoms with Crippen molar-refractivity contribution in [2.24, 2.45) is 11.8 Å². The first-order valence-corrected chi connectivity index (χ1v) is 8.12. The van der Waals surface area contributed by atoms with E-state index in [0.29, 0.717) is 12.5 Å². The third-order valence-electron chi connectivity index (χ3n) is 3.44. The zero-order chi connectivity index (χ0) is 18.4. The van der Waals surface area contributed by atoms with Crippen molar-refractivity contribution in [3.05, 3.63) is 0 Å². The molecule has 2 N–H and O–H groups in total. The van der Waals surface area contributed by atoms with E-state index in [1.54, 1.807) is 34.6 Å². The first kappa shape index (κ1) is 21.9. The summed E-state index contributed by atoms with van der Waals surface area (Å²) >= 11 is 0. The molecule has 0 saturated heterocycles. The fourth-order valence-electron chi connectivity index (χ4n) is 1.76. The number of rotatable bonds is 7. The summed E-state index contributed by atoms with van der Waals surface area (Å²) in [6.07, 6.45) is 0.108. The Morgan fingerprint density at radius 2 is 1.61 bits per heavy atom. The summed E-state index contributed by atoms with van der Waals surface area (Å²) in [6, 6.07) is -1.08. The van der Waals surface area contributed by atoms with Crippen molar-refractivity contribution in [3.8, 4) is 0 Å². The first-order valence-electron chi connectivity index (χ1n) is 8.12. The Kier molecular flexibility index (Phi) is 8.22. The molecule has 0 aromatic heterocycles. The minimum atomic E-state index is -1.39. The molecule has 1 atom stereocenters. The van der Waals surface area contributed by atoms with Gasteiger partial charge in [-0.15, -0.1) is 0 Å². The van der Waals surface area contributed by atoms with Crippen molar-refractivity contribution >= 4 is 27.7 Å². The summed E-state index contributed by atoms with van der Waals surface area (Å²) in [7, 11) is 12.2. The van der Waals surface area contributed by atoms with Gasteiger partial charge >= 0.3 is 6.09 Å². The van der Waals surface area contributed by atoms with E-state index in [4.69, 9.17) is 20.4 Å². The second-order valence-electron chi connectivity index (χ2n) is 7.71. The lowest BCUT2D eigenvalue weighted by molar-refractivity contribution is -0.123. The van der Waals surface area contributed by atoms with Gasteiger partial charge in [-0.25, -0.2) is 4.79 Å². The zero-order valence-corrected chi connectivity index (χ0v) is 15.5. The lowest BCUT2D eigenvalue weighted by Gasteiger charge is -2.38. The molecule has 0 rings (SSSR count). The number of carbonyl (C=O) groups is 2. The molecule has 0 spiro atoms. The van der Waals surface area contributed by atoms with Crippen molar-refractivity contribution in [1.82, 2.24) is 10.6 Å². The predicted octanol–water partition coefficient (Wildman–Crippen LogP) is 2.15. The van der Waals surface area contributed by atoms with Crippen LogP contribution in [0.4, 0.5) is 4.79 Å². The van der Waals surface area contributed by atoms with Gasteiger partial charge in [-0.3, -0.25) is 4.79 Å². The Morgan fingerprint density at radius 3 is 2.00 bits per heavy atom. The molecular formula is C16H30B2N2O3. The number of hydrogen-bond donors (Lipinski definition) is 2. The van der Waals surface area contributed by atoms with Gasteiger partial charge in [-0.2, -0.15) is 0 Å². The minimum Gasteiger partial charge on any atom is -0.444 e. The van der Waals surface area contributed by atoms with Crippen LogP contribution in [0.2, 0.25) is 5.21 Å². The summed E-state index contributed by atoms with van der Waals surface area (Å²) in [4.78, 5) is 24.4. The summed E-state index contributed by atoms with van der Waals surface area (Å²) in [6.45, 7) is 13.4. The SMILES string of the molecule is [B]C([B])(C(C)C)C(NC(=O)OC(C)(C)C)C(=O)NCCC(C)C. The number of amides is 2. The van der Waals surface area contributed by atoms with Gasteiger partial charge in [0, 0.05) is 6.54 Å². The van der Waals surface area contributed by atoms with Crippen molar-refractivity contribution < 1.29 is 14.3 Å². The fourth-order valence-corrected chi connectivity index (χ4v) is 1.76. The maximum atomic E-state index is 12.4. The van der Waals surface area contributed by atoms with Crippen LogP contribution in [0.25, 0.3) is 0 Å². The Morgan fingerprint density at radius 1 is 1.09 bits per heavy atom. The second-order valence-corrected chi connectivity index (χ2v) is 7.71. The first-order chi connectivity index (χ1) is 10.3. The molecule has 0 aliphatic rings. The van der Waals surface area contributed by atoms with Gasteiger partial charge in [-0.1, -0.05) is 38.8 Å². The molecular weight excluding hydrogens is 290 g/mol. The molecule has 0 aliphatic carbocycles. The quantitative estimate of drug-likeness (QED) is 0.706. The summed E-state index contributed by atoms with van der Waals surface area (Å²) < 4.78 is 5.19. The third kappa shape index (κ3) is 8.33. The van der Waals surface area contributed by atoms with E-state index in [0.717, 1.165) is 6.42 Å². The van der Waals surface area contributed by atoms with Crippen LogP contribution in [0.3, 0.4) is 0 Å². The largest absolute Gasteiger partial charge is 0.444 e. The fraction of sp³-hybridized carbons (Fsp3) is 0.875. The number of nitrogens with one attached hydrogen (secondary N) is 2. The van der Waals surface area contributed by atoms with Gasteiger partial charge in [0.05, 0.1) is 15.7 Å². The average molecular weight is 320 g/mol. The van der Waals surface area contributed by atoms with Crippen LogP contribution < -0.4 is 10.6 Å². The molecule has 0 heterocycles. The van der Waals surface area contributed by atoms with Gasteiger partial charge in [0.15, 0.2) is 0 Å². The monoisotopic (exact) mass is 320 g/mol. The molecule has 0 saturated carbocycles. The number of alkyl carbamates (subject to hydrolysis) is 1. The highest BCUT2D eigenvalue weighted by molar-refractivity contribution is 6.42. The van der Waals surface area contributed by atoms with Gasteiger partial charge < -0.3 is 15.4 Å². The van der Waals surface area contributed by atoms with Crippen molar-refractivity contribution in [2.45, 2.75) is 71.7 Å². The van der Waals surface area contributed by atoms with E-state index in [2.05, 4.69) is 24.5 Å². The van der Waals surface area contributed by atoms with Crippen LogP contribution >= 0.6 is 0 Å². The van der Waals surface area contributed by atoms with E-state index in [-0.39, 0.29) is 5.92 Å². The number of hydrogen-bond acceptors (Lipinski definition) is 3. The molecule has 0 aliphatic heterocycles. The van der Waals surface area contributed by atoms with Crippen LogP contribution in [-0.2, 0) is 9.53 Å². The standard InChI is InChI=1S/C16H30B2N2O3/c1-10(2)8-9-19-13(21)12(16(17,18)11(3)4)20-14(22)23-15(5,6)7/h10-12H,8-9H2,1-7H3,(H,19,21)(H,20,22). The molecule has 0 aromatic rings. The highest BCUT2D eigenvalue weighted by Gasteiger charge is 2.38. The molecule has 0 bridgehead atoms. The van der Waals surface area contributed by atoms with Crippen molar-refractivity contribution in [1.29, 1.82) is 0 Å². The predicted molar refractivity (Wildman–Crippen MR) is 94.7 cm³/mol. The Hall–Kier alpha value is -1.13. The summed E-state index contributed by atoms with van der Waals surface area (Å²) in [5.41, 5.74) is -0.674. The van der Waals surface area contributed by atoms with E-state index >= 15 is 0 Å². The number of carbonyl (C=O) groups excluding carboxylic acids is 2. The lowest BCUT2D eigenvalue weighted by Crippen LogP contribution is -2.56. The van der Waals surface area contributed by atoms with E-state index in [9.17, 15) is 9.59 Å². The molecule has 23 heavy (non-hydrogen) atoms. The van der Waals surface area contributed by atoms with Gasteiger partial charge in [-0.05, 0) is 33.1 Å². The van der Waals surface area contributed by atoms with Crippen LogP contribution in [0, 0.1) is 11.8 Å².